The van der Waals surface area contributed by atoms with Crippen LogP contribution in [-0.2, 0) is 39.8 Å². The molecule has 28 heavy (non-hydrogen) atoms. The van der Waals surface area contributed by atoms with Crippen molar-refractivity contribution in [1.29, 1.82) is 0 Å². The molecule has 1 aliphatic heterocycles. The molecule has 0 bridgehead atoms. The number of rotatable bonds is 16. The lowest BCUT2D eigenvalue weighted by Gasteiger charge is -2.17. The quantitative estimate of drug-likeness (QED) is 0.412. The summed E-state index contributed by atoms with van der Waals surface area (Å²) in [4.78, 5) is 0. The Morgan fingerprint density at radius 2 is 1.39 bits per heavy atom. The zero-order valence-electron chi connectivity index (χ0n) is 31.4. The molecular formula is C21H34O7. The topological polar surface area (TPSA) is 64.6 Å². The summed E-state index contributed by atoms with van der Waals surface area (Å²) in [6.07, 6.45) is -0.840. The van der Waals surface area contributed by atoms with Crippen LogP contribution in [0.25, 0.3) is 0 Å². The SMILES string of the molecule is [2H]C([2H])(OCc1ccccc1)C([2H])([2H])OC([2H])([2H])C([2H])([2H])OC([2H])([2H])C([2H])([2H])OC([2H])([2H])C([2H])([2H])OC[C@@H]1COC(C)(C)O1. The van der Waals surface area contributed by atoms with Crippen molar-refractivity contribution in [2.24, 2.45) is 0 Å². The van der Waals surface area contributed by atoms with Gasteiger partial charge >= 0.3 is 0 Å². The van der Waals surface area contributed by atoms with Gasteiger partial charge in [0.2, 0.25) is 0 Å². The Morgan fingerprint density at radius 1 is 0.857 bits per heavy atom. The predicted octanol–water partition coefficient (Wildman–Crippen LogP) is 2.42. The van der Waals surface area contributed by atoms with E-state index in [-0.39, 0.29) is 6.61 Å². The third-order valence-electron chi connectivity index (χ3n) is 3.04. The molecule has 7 heteroatoms. The lowest BCUT2D eigenvalue weighted by atomic mass is 10.2. The smallest absolute Gasteiger partial charge is 0.163 e. The molecule has 0 saturated carbocycles. The number of hydrogen-bond donors (Lipinski definition) is 0. The van der Waals surface area contributed by atoms with E-state index in [0.717, 1.165) is 0 Å². The van der Waals surface area contributed by atoms with Crippen LogP contribution in [0.1, 0.15) is 41.3 Å². The molecule has 160 valence electrons. The Balaban J connectivity index is 2.13. The minimum absolute atomic E-state index is 0.0397. The second-order valence-corrected chi connectivity index (χ2v) is 5.66. The van der Waals surface area contributed by atoms with Crippen molar-refractivity contribution in [3.8, 4) is 0 Å². The van der Waals surface area contributed by atoms with Gasteiger partial charge in [0.05, 0.1) is 94.2 Å². The van der Waals surface area contributed by atoms with Crippen LogP contribution in [0.15, 0.2) is 30.3 Å². The fourth-order valence-electron chi connectivity index (χ4n) is 1.93. The highest BCUT2D eigenvalue weighted by Crippen LogP contribution is 2.22. The number of ether oxygens (including phenoxy) is 7. The van der Waals surface area contributed by atoms with Crippen molar-refractivity contribution in [2.75, 3.05) is 65.7 Å². The van der Waals surface area contributed by atoms with Crippen molar-refractivity contribution in [2.45, 2.75) is 32.3 Å². The van der Waals surface area contributed by atoms with Gasteiger partial charge in [-0.3, -0.25) is 0 Å². The van der Waals surface area contributed by atoms with Crippen LogP contribution >= 0.6 is 0 Å². The molecule has 0 amide bonds. The second kappa shape index (κ2) is 14.0. The average Bonchev–Trinajstić information content (AvgIpc) is 3.18. The maximum atomic E-state index is 7.88. The van der Waals surface area contributed by atoms with Gasteiger partial charge in [-0.2, -0.15) is 0 Å². The predicted molar refractivity (Wildman–Crippen MR) is 104 cm³/mol. The molecule has 1 aliphatic rings. The summed E-state index contributed by atoms with van der Waals surface area (Å²) >= 11 is 0. The molecule has 0 radical (unpaired) electrons. The summed E-state index contributed by atoms with van der Waals surface area (Å²) in [7, 11) is 0. The van der Waals surface area contributed by atoms with E-state index in [1.807, 2.05) is 0 Å². The van der Waals surface area contributed by atoms with Gasteiger partial charge in [0.15, 0.2) is 5.79 Å². The number of benzene rings is 1. The molecule has 0 aliphatic carbocycles. The van der Waals surface area contributed by atoms with E-state index < -0.39 is 77.6 Å². The van der Waals surface area contributed by atoms with E-state index >= 15 is 0 Å². The molecule has 1 atom stereocenters. The Kier molecular flexibility index (Phi) is 4.70. The average molecular weight is 415 g/mol. The van der Waals surface area contributed by atoms with Gasteiger partial charge in [0, 0.05) is 0 Å². The molecular weight excluding hydrogens is 364 g/mol. The highest BCUT2D eigenvalue weighted by atomic mass is 16.7. The van der Waals surface area contributed by atoms with Crippen molar-refractivity contribution in [3.05, 3.63) is 35.9 Å². The summed E-state index contributed by atoms with van der Waals surface area (Å²) in [5, 5.41) is 0. The van der Waals surface area contributed by atoms with E-state index in [1.165, 1.54) is 12.1 Å². The van der Waals surface area contributed by atoms with Crippen LogP contribution in [0.5, 0.6) is 0 Å². The second-order valence-electron chi connectivity index (χ2n) is 5.66. The van der Waals surface area contributed by atoms with E-state index in [0.29, 0.717) is 5.56 Å². The van der Waals surface area contributed by atoms with Crippen molar-refractivity contribution >= 4 is 0 Å². The maximum Gasteiger partial charge on any atom is 0.163 e. The Morgan fingerprint density at radius 3 is 1.93 bits per heavy atom. The van der Waals surface area contributed by atoms with Gasteiger partial charge in [-0.25, -0.2) is 0 Å². The molecule has 0 unspecified atom stereocenters. The molecule has 7 nitrogen and oxygen atoms in total. The van der Waals surface area contributed by atoms with Crippen LogP contribution in [-0.4, -0.2) is 77.6 Å². The van der Waals surface area contributed by atoms with Gasteiger partial charge in [-0.05, 0) is 19.4 Å². The van der Waals surface area contributed by atoms with Crippen LogP contribution in [0, 0.1) is 0 Å². The lowest BCUT2D eigenvalue weighted by molar-refractivity contribution is -0.145. The van der Waals surface area contributed by atoms with Crippen molar-refractivity contribution < 1.29 is 55.1 Å². The largest absolute Gasteiger partial charge is 0.377 e. The third-order valence-corrected chi connectivity index (χ3v) is 3.04. The van der Waals surface area contributed by atoms with Crippen LogP contribution < -0.4 is 0 Å². The zero-order chi connectivity index (χ0) is 34.3. The van der Waals surface area contributed by atoms with Crippen LogP contribution in [0.2, 0.25) is 0 Å². The first-order chi connectivity index (χ1) is 19.5. The van der Waals surface area contributed by atoms with Crippen LogP contribution in [0.3, 0.4) is 0 Å². The normalized spacial score (nSPS) is 31.1. The fraction of sp³-hybridized carbons (Fsp3) is 0.714. The molecule has 1 aromatic carbocycles. The molecule has 1 saturated heterocycles. The van der Waals surface area contributed by atoms with Gasteiger partial charge in [-0.1, -0.05) is 30.3 Å². The lowest BCUT2D eigenvalue weighted by Crippen LogP contribution is -2.24. The van der Waals surface area contributed by atoms with Gasteiger partial charge in [0.1, 0.15) is 6.10 Å². The minimum atomic E-state index is -4.11. The first-order valence-electron chi connectivity index (χ1n) is 16.2. The minimum Gasteiger partial charge on any atom is -0.377 e. The molecule has 0 aromatic heterocycles. The summed E-state index contributed by atoms with van der Waals surface area (Å²) < 4.78 is 159. The first-order valence-corrected chi connectivity index (χ1v) is 8.22. The summed E-state index contributed by atoms with van der Waals surface area (Å²) in [5.74, 6) is -1.02. The van der Waals surface area contributed by atoms with E-state index in [2.05, 4.69) is 14.2 Å². The van der Waals surface area contributed by atoms with E-state index in [4.69, 9.17) is 40.9 Å². The van der Waals surface area contributed by atoms with Crippen molar-refractivity contribution in [1.82, 2.24) is 0 Å². The van der Waals surface area contributed by atoms with Crippen LogP contribution in [0.4, 0.5) is 0 Å². The van der Waals surface area contributed by atoms with Gasteiger partial charge in [-0.15, -0.1) is 0 Å². The molecule has 1 heterocycles. The molecule has 0 N–H and O–H groups in total. The third kappa shape index (κ3) is 11.1. The highest BCUT2D eigenvalue weighted by molar-refractivity contribution is 5.13. The summed E-state index contributed by atoms with van der Waals surface area (Å²) in [5.41, 5.74) is 0.406. The zero-order valence-corrected chi connectivity index (χ0v) is 15.4. The van der Waals surface area contributed by atoms with E-state index in [1.54, 1.807) is 32.0 Å². The molecule has 0 spiro atoms. The molecule has 2 rings (SSSR count). The maximum absolute atomic E-state index is 7.88. The van der Waals surface area contributed by atoms with Crippen molar-refractivity contribution in [3.63, 3.8) is 0 Å². The Bertz CT molecular complexity index is 1100. The number of hydrogen-bond acceptors (Lipinski definition) is 7. The van der Waals surface area contributed by atoms with Gasteiger partial charge < -0.3 is 33.2 Å². The Labute approximate surface area is 190 Å². The monoisotopic (exact) mass is 414 g/mol. The molecule has 1 fully saturated rings. The first kappa shape index (κ1) is 9.39. The van der Waals surface area contributed by atoms with Gasteiger partial charge in [0.25, 0.3) is 0 Å². The van der Waals surface area contributed by atoms with E-state index in [9.17, 15) is 0 Å². The summed E-state index contributed by atoms with van der Waals surface area (Å²) in [6, 6.07) is 7.89. The highest BCUT2D eigenvalue weighted by Gasteiger charge is 2.32. The summed E-state index contributed by atoms with van der Waals surface area (Å²) in [6.45, 7) is -28.7. The standard InChI is InChI=1S/C21H34O7/c1-21(2)27-18-20(28-21)17-26-15-13-24-11-9-22-8-10-23-12-14-25-16-19-6-4-3-5-7-19/h3-7,20H,8-18H2,1-2H3/t20-/m1/s1/i8D2,9D2,10D2,11D2,12D2,13D2,14D2,15D2. The Hall–Kier alpha value is -1.06. The fourth-order valence-corrected chi connectivity index (χ4v) is 1.93. The molecule has 1 aromatic rings.